The number of rotatable bonds is 10. The van der Waals surface area contributed by atoms with Crippen LogP contribution in [0, 0.1) is 17.7 Å². The smallest absolute Gasteiger partial charge is 0.352 e. The van der Waals surface area contributed by atoms with E-state index in [0.29, 0.717) is 33.8 Å². The Bertz CT molecular complexity index is 1990. The lowest BCUT2D eigenvalue weighted by atomic mass is 10.0. The molecule has 11 nitrogen and oxygen atoms in total. The lowest BCUT2D eigenvalue weighted by molar-refractivity contribution is -0.118. The normalized spacial score (nSPS) is 16.1. The van der Waals surface area contributed by atoms with Crippen molar-refractivity contribution in [2.45, 2.75) is 25.8 Å². The van der Waals surface area contributed by atoms with E-state index in [4.69, 9.17) is 11.6 Å². The highest BCUT2D eigenvalue weighted by Gasteiger charge is 2.39. The molecular weight excluding hydrogens is 615 g/mol. The van der Waals surface area contributed by atoms with E-state index in [1.165, 1.54) is 24.3 Å². The van der Waals surface area contributed by atoms with E-state index in [-0.39, 0.29) is 45.9 Å². The van der Waals surface area contributed by atoms with E-state index >= 15 is 0 Å². The van der Waals surface area contributed by atoms with E-state index in [2.05, 4.69) is 31.1 Å². The lowest BCUT2D eigenvalue weighted by Gasteiger charge is -2.19. The molecule has 0 aliphatic heterocycles. The number of benzene rings is 3. The second kappa shape index (κ2) is 12.5. The number of aromatic nitrogens is 3. The molecule has 5 aromatic rings. The van der Waals surface area contributed by atoms with Crippen molar-refractivity contribution in [2.24, 2.45) is 11.8 Å². The number of halogens is 2. The van der Waals surface area contributed by atoms with Gasteiger partial charge in [-0.05, 0) is 72.5 Å². The van der Waals surface area contributed by atoms with Crippen LogP contribution in [0.4, 0.5) is 15.8 Å². The molecule has 46 heavy (non-hydrogen) atoms. The number of hydrogen-bond acceptors (Lipinski definition) is 5. The third-order valence-corrected chi connectivity index (χ3v) is 8.19. The van der Waals surface area contributed by atoms with Crippen LogP contribution in [-0.2, 0) is 16.0 Å². The van der Waals surface area contributed by atoms with Gasteiger partial charge in [0.05, 0.1) is 10.7 Å². The molecule has 0 spiro atoms. The third-order valence-electron chi connectivity index (χ3n) is 7.90. The number of carbonyl (C=O) groups is 4. The van der Waals surface area contributed by atoms with Crippen LogP contribution in [0.1, 0.15) is 39.9 Å². The molecule has 2 aromatic heterocycles. The number of aromatic amines is 2. The summed E-state index contributed by atoms with van der Waals surface area (Å²) in [4.78, 5) is 53.4. The predicted molar refractivity (Wildman–Crippen MR) is 170 cm³/mol. The number of anilines is 2. The van der Waals surface area contributed by atoms with E-state index in [1.54, 1.807) is 48.5 Å². The second-order valence-electron chi connectivity index (χ2n) is 11.3. The summed E-state index contributed by atoms with van der Waals surface area (Å²) in [6, 6.07) is 18.0. The highest BCUT2D eigenvalue weighted by molar-refractivity contribution is 6.31. The van der Waals surface area contributed by atoms with Gasteiger partial charge in [-0.15, -0.1) is 0 Å². The number of hydrogen-bond donors (Lipinski definition) is 6. The number of aromatic carboxylic acids is 1. The Morgan fingerprint density at radius 1 is 1.00 bits per heavy atom. The fraction of sp³-hybridized carbons (Fsp3) is 0.182. The standard InChI is InChI=1S/C33H28ClFN6O5/c1-16-11-22(16)30(42)36-19-7-5-17(6-8-19)12-26(31(43)37-20-9-10-24-18(13-20)14-28(38-24)33(45)46)39-32(44)27-15-25(40-41-27)21-3-2-4-23(34)29(21)35/h2-10,13-16,22,26,38H,11-12H2,1H3,(H,36,42)(H,37,43)(H,39,44)(H,40,41)(H,45,46)/t16-,22-,26-/m0/s1. The Morgan fingerprint density at radius 2 is 1.74 bits per heavy atom. The Morgan fingerprint density at radius 3 is 2.46 bits per heavy atom. The lowest BCUT2D eigenvalue weighted by Crippen LogP contribution is -2.45. The van der Waals surface area contributed by atoms with Gasteiger partial charge in [0.15, 0.2) is 5.82 Å². The van der Waals surface area contributed by atoms with Gasteiger partial charge in [0.25, 0.3) is 5.91 Å². The molecule has 234 valence electrons. The van der Waals surface area contributed by atoms with Crippen LogP contribution < -0.4 is 16.0 Å². The summed E-state index contributed by atoms with van der Waals surface area (Å²) in [6.07, 6.45) is 0.953. The molecule has 1 saturated carbocycles. The molecule has 0 saturated heterocycles. The van der Waals surface area contributed by atoms with Gasteiger partial charge in [0.1, 0.15) is 17.4 Å². The SMILES string of the molecule is C[C@H]1C[C@@H]1C(=O)Nc1ccc(C[C@H](NC(=O)c2cc(-c3cccc(Cl)c3F)n[nH]2)C(=O)Nc2ccc3[nH]c(C(=O)O)cc3c2)cc1. The van der Waals surface area contributed by atoms with Gasteiger partial charge < -0.3 is 26.0 Å². The number of amides is 3. The molecule has 0 unspecified atom stereocenters. The van der Waals surface area contributed by atoms with Crippen LogP contribution in [0.15, 0.2) is 72.8 Å². The highest BCUT2D eigenvalue weighted by Crippen LogP contribution is 2.38. The summed E-state index contributed by atoms with van der Waals surface area (Å²) in [5.41, 5.74) is 2.56. The van der Waals surface area contributed by atoms with Gasteiger partial charge in [-0.3, -0.25) is 19.5 Å². The first-order valence-electron chi connectivity index (χ1n) is 14.4. The zero-order chi connectivity index (χ0) is 32.5. The molecule has 3 aromatic carbocycles. The average Bonchev–Trinajstić information content (AvgIpc) is 3.38. The summed E-state index contributed by atoms with van der Waals surface area (Å²) in [7, 11) is 0. The number of nitrogens with zero attached hydrogens (tertiary/aromatic N) is 1. The predicted octanol–water partition coefficient (Wildman–Crippen LogP) is 5.62. The molecule has 3 amide bonds. The summed E-state index contributed by atoms with van der Waals surface area (Å²) < 4.78 is 14.6. The largest absolute Gasteiger partial charge is 0.477 e. The Balaban J connectivity index is 1.21. The van der Waals surface area contributed by atoms with Crippen molar-refractivity contribution >= 4 is 57.6 Å². The number of carbonyl (C=O) groups excluding carboxylic acids is 3. The van der Waals surface area contributed by atoms with E-state index in [9.17, 15) is 28.7 Å². The van der Waals surface area contributed by atoms with E-state index < -0.39 is 29.6 Å². The first-order chi connectivity index (χ1) is 22.0. The van der Waals surface area contributed by atoms with Crippen molar-refractivity contribution in [3.63, 3.8) is 0 Å². The molecule has 3 atom stereocenters. The number of nitrogens with one attached hydrogen (secondary N) is 5. The van der Waals surface area contributed by atoms with Crippen molar-refractivity contribution < 1.29 is 28.7 Å². The number of carboxylic acids is 1. The van der Waals surface area contributed by atoms with Gasteiger partial charge in [-0.1, -0.05) is 36.7 Å². The molecule has 1 fully saturated rings. The third kappa shape index (κ3) is 6.61. The van der Waals surface area contributed by atoms with Gasteiger partial charge >= 0.3 is 5.97 Å². The van der Waals surface area contributed by atoms with Gasteiger partial charge in [0, 0.05) is 40.2 Å². The van der Waals surface area contributed by atoms with Crippen LogP contribution in [0.2, 0.25) is 5.02 Å². The first-order valence-corrected chi connectivity index (χ1v) is 14.8. The fourth-order valence-electron chi connectivity index (χ4n) is 5.16. The van der Waals surface area contributed by atoms with Gasteiger partial charge in [0.2, 0.25) is 11.8 Å². The maximum absolute atomic E-state index is 14.6. The molecule has 1 aliphatic rings. The minimum Gasteiger partial charge on any atom is -0.477 e. The Labute approximate surface area is 266 Å². The average molecular weight is 643 g/mol. The second-order valence-corrected chi connectivity index (χ2v) is 11.7. The molecular formula is C33H28ClFN6O5. The summed E-state index contributed by atoms with van der Waals surface area (Å²) >= 11 is 5.90. The minimum atomic E-state index is -1.11. The molecule has 0 bridgehead atoms. The monoisotopic (exact) mass is 642 g/mol. The molecule has 2 heterocycles. The highest BCUT2D eigenvalue weighted by atomic mass is 35.5. The Hall–Kier alpha value is -5.49. The molecule has 6 rings (SSSR count). The molecule has 6 N–H and O–H groups in total. The van der Waals surface area contributed by atoms with Crippen molar-refractivity contribution in [1.29, 1.82) is 0 Å². The maximum Gasteiger partial charge on any atom is 0.352 e. The van der Waals surface area contributed by atoms with Crippen LogP contribution in [0.25, 0.3) is 22.2 Å². The molecule has 1 aliphatic carbocycles. The van der Waals surface area contributed by atoms with Crippen LogP contribution in [0.3, 0.4) is 0 Å². The zero-order valence-corrected chi connectivity index (χ0v) is 25.1. The van der Waals surface area contributed by atoms with Crippen molar-refractivity contribution in [3.05, 3.63) is 101 Å². The number of carboxylic acid groups (broad SMARTS) is 1. The number of H-pyrrole nitrogens is 2. The topological polar surface area (TPSA) is 169 Å². The van der Waals surface area contributed by atoms with Crippen molar-refractivity contribution in [2.75, 3.05) is 10.6 Å². The van der Waals surface area contributed by atoms with E-state index in [1.807, 2.05) is 6.92 Å². The minimum absolute atomic E-state index is 0.00511. The first kappa shape index (κ1) is 30.5. The molecule has 13 heteroatoms. The van der Waals surface area contributed by atoms with Crippen molar-refractivity contribution in [3.8, 4) is 11.3 Å². The van der Waals surface area contributed by atoms with Gasteiger partial charge in [-0.2, -0.15) is 5.10 Å². The molecule has 0 radical (unpaired) electrons. The summed E-state index contributed by atoms with van der Waals surface area (Å²) in [5.74, 6) is -2.63. The summed E-state index contributed by atoms with van der Waals surface area (Å²) in [6.45, 7) is 2.02. The van der Waals surface area contributed by atoms with Crippen LogP contribution in [-0.4, -0.2) is 50.0 Å². The Kier molecular flexibility index (Phi) is 8.29. The van der Waals surface area contributed by atoms with Gasteiger partial charge in [-0.25, -0.2) is 9.18 Å². The maximum atomic E-state index is 14.6. The number of fused-ring (bicyclic) bond motifs is 1. The van der Waals surface area contributed by atoms with Crippen LogP contribution >= 0.6 is 11.6 Å². The zero-order valence-electron chi connectivity index (χ0n) is 24.4. The van der Waals surface area contributed by atoms with Crippen molar-refractivity contribution in [1.82, 2.24) is 20.5 Å². The summed E-state index contributed by atoms with van der Waals surface area (Å²) in [5, 5.41) is 24.8. The van der Waals surface area contributed by atoms with Crippen LogP contribution in [0.5, 0.6) is 0 Å². The fourth-order valence-corrected chi connectivity index (χ4v) is 5.33. The van der Waals surface area contributed by atoms with E-state index in [0.717, 1.165) is 6.42 Å². The quantitative estimate of drug-likeness (QED) is 0.115.